The van der Waals surface area contributed by atoms with Gasteiger partial charge in [0.1, 0.15) is 0 Å². The molecule has 2 fully saturated rings. The van der Waals surface area contributed by atoms with Crippen molar-refractivity contribution >= 4 is 5.95 Å². The van der Waals surface area contributed by atoms with E-state index in [9.17, 15) is 0 Å². The maximum Gasteiger partial charge on any atom is 0.225 e. The van der Waals surface area contributed by atoms with E-state index in [-0.39, 0.29) is 0 Å². The van der Waals surface area contributed by atoms with Crippen LogP contribution in [0.15, 0.2) is 30.7 Å². The summed E-state index contributed by atoms with van der Waals surface area (Å²) >= 11 is 0. The summed E-state index contributed by atoms with van der Waals surface area (Å²) in [4.78, 5) is 18.8. The lowest BCUT2D eigenvalue weighted by atomic mass is 9.98. The van der Waals surface area contributed by atoms with Crippen LogP contribution in [0.1, 0.15) is 35.7 Å². The number of rotatable bonds is 3. The van der Waals surface area contributed by atoms with Gasteiger partial charge in [-0.25, -0.2) is 9.97 Å². The SMILES string of the molecule is c1cncc(CN2[C@H]3CC[C@@H]2c2cnc(N4CCOCC4)nc2C3)c1. The topological polar surface area (TPSA) is 54.4 Å². The van der Waals surface area contributed by atoms with Crippen molar-refractivity contribution in [3.05, 3.63) is 47.5 Å². The second kappa shape index (κ2) is 6.35. The molecule has 0 N–H and O–H groups in total. The molecular weight excluding hydrogens is 314 g/mol. The smallest absolute Gasteiger partial charge is 0.225 e. The molecule has 0 unspecified atom stereocenters. The predicted octanol–water partition coefficient (Wildman–Crippen LogP) is 1.97. The lowest BCUT2D eigenvalue weighted by Gasteiger charge is -2.36. The molecule has 2 saturated heterocycles. The van der Waals surface area contributed by atoms with Gasteiger partial charge < -0.3 is 9.64 Å². The van der Waals surface area contributed by atoms with E-state index in [1.54, 1.807) is 0 Å². The summed E-state index contributed by atoms with van der Waals surface area (Å²) in [5.74, 6) is 0.877. The zero-order valence-electron chi connectivity index (χ0n) is 14.3. The van der Waals surface area contributed by atoms with Crippen LogP contribution in [0.2, 0.25) is 0 Å². The van der Waals surface area contributed by atoms with Crippen LogP contribution in [0.25, 0.3) is 0 Å². The van der Waals surface area contributed by atoms with Crippen LogP contribution in [-0.2, 0) is 17.7 Å². The maximum absolute atomic E-state index is 5.44. The van der Waals surface area contributed by atoms with Gasteiger partial charge in [0.25, 0.3) is 0 Å². The molecule has 0 radical (unpaired) electrons. The quantitative estimate of drug-likeness (QED) is 0.853. The third-order valence-corrected chi connectivity index (χ3v) is 5.70. The first-order valence-electron chi connectivity index (χ1n) is 9.21. The highest BCUT2D eigenvalue weighted by Gasteiger charge is 2.40. The van der Waals surface area contributed by atoms with E-state index >= 15 is 0 Å². The molecule has 3 aliphatic heterocycles. The van der Waals surface area contributed by atoms with Crippen LogP contribution >= 0.6 is 0 Å². The van der Waals surface area contributed by atoms with Gasteiger partial charge in [0.2, 0.25) is 5.95 Å². The van der Waals surface area contributed by atoms with Crippen molar-refractivity contribution < 1.29 is 4.74 Å². The molecular formula is C19H23N5O. The molecule has 130 valence electrons. The fourth-order valence-electron chi connectivity index (χ4n) is 4.43. The monoisotopic (exact) mass is 337 g/mol. The first-order valence-corrected chi connectivity index (χ1v) is 9.21. The Bertz CT molecular complexity index is 747. The molecule has 2 aromatic rings. The third-order valence-electron chi connectivity index (χ3n) is 5.70. The molecule has 0 spiro atoms. The van der Waals surface area contributed by atoms with Gasteiger partial charge in [-0.05, 0) is 24.5 Å². The van der Waals surface area contributed by atoms with Gasteiger partial charge >= 0.3 is 0 Å². The second-order valence-corrected chi connectivity index (χ2v) is 7.16. The largest absolute Gasteiger partial charge is 0.378 e. The first kappa shape index (κ1) is 15.2. The lowest BCUT2D eigenvalue weighted by Crippen LogP contribution is -2.40. The van der Waals surface area contributed by atoms with E-state index < -0.39 is 0 Å². The first-order chi connectivity index (χ1) is 12.4. The van der Waals surface area contributed by atoms with E-state index in [1.807, 2.05) is 18.5 Å². The number of fused-ring (bicyclic) bond motifs is 4. The van der Waals surface area contributed by atoms with Crippen molar-refractivity contribution in [1.29, 1.82) is 0 Å². The number of anilines is 1. The molecule has 6 nitrogen and oxygen atoms in total. The minimum absolute atomic E-state index is 0.452. The Morgan fingerprint density at radius 3 is 2.92 bits per heavy atom. The van der Waals surface area contributed by atoms with Crippen LogP contribution in [0, 0.1) is 0 Å². The number of pyridine rings is 1. The van der Waals surface area contributed by atoms with Crippen LogP contribution in [0.5, 0.6) is 0 Å². The Labute approximate surface area is 147 Å². The Kier molecular flexibility index (Phi) is 3.87. The van der Waals surface area contributed by atoms with E-state index in [4.69, 9.17) is 14.7 Å². The standard InChI is InChI=1S/C19H23N5O/c1-2-14(11-20-5-1)13-24-15-3-4-18(24)16-12-21-19(22-17(16)10-15)23-6-8-25-9-7-23/h1-2,5,11-12,15,18H,3-4,6-10,13H2/t15-,18+/m0/s1. The molecule has 5 heterocycles. The molecule has 0 aromatic carbocycles. The minimum Gasteiger partial charge on any atom is -0.378 e. The molecule has 0 saturated carbocycles. The zero-order chi connectivity index (χ0) is 16.6. The molecule has 0 amide bonds. The van der Waals surface area contributed by atoms with Crippen LogP contribution in [0.3, 0.4) is 0 Å². The number of hydrogen-bond donors (Lipinski definition) is 0. The van der Waals surface area contributed by atoms with Crippen LogP contribution < -0.4 is 4.90 Å². The highest BCUT2D eigenvalue weighted by atomic mass is 16.5. The number of aromatic nitrogens is 3. The highest BCUT2D eigenvalue weighted by molar-refractivity contribution is 5.37. The third kappa shape index (κ3) is 2.79. The summed E-state index contributed by atoms with van der Waals surface area (Å²) in [6.45, 7) is 4.28. The predicted molar refractivity (Wildman–Crippen MR) is 94.3 cm³/mol. The van der Waals surface area contributed by atoms with E-state index in [0.29, 0.717) is 12.1 Å². The average Bonchev–Trinajstić information content (AvgIpc) is 2.95. The Balaban J connectivity index is 1.40. The van der Waals surface area contributed by atoms with Crippen LogP contribution in [0.4, 0.5) is 5.95 Å². The van der Waals surface area contributed by atoms with Gasteiger partial charge in [0, 0.05) is 62.3 Å². The second-order valence-electron chi connectivity index (χ2n) is 7.16. The molecule has 25 heavy (non-hydrogen) atoms. The van der Waals surface area contributed by atoms with Gasteiger partial charge in [-0.15, -0.1) is 0 Å². The van der Waals surface area contributed by atoms with Crippen LogP contribution in [-0.4, -0.2) is 52.2 Å². The summed E-state index contributed by atoms with van der Waals surface area (Å²) in [5.41, 5.74) is 3.87. The van der Waals surface area contributed by atoms with E-state index in [2.05, 4.69) is 27.0 Å². The Hall–Kier alpha value is -2.05. The maximum atomic E-state index is 5.44. The van der Waals surface area contributed by atoms with Crippen molar-refractivity contribution in [2.45, 2.75) is 37.9 Å². The number of morpholine rings is 1. The Morgan fingerprint density at radius 1 is 1.16 bits per heavy atom. The minimum atomic E-state index is 0.452. The molecule has 6 heteroatoms. The molecule has 2 bridgehead atoms. The molecule has 5 rings (SSSR count). The lowest BCUT2D eigenvalue weighted by molar-refractivity contribution is 0.122. The van der Waals surface area contributed by atoms with Gasteiger partial charge in [-0.3, -0.25) is 9.88 Å². The van der Waals surface area contributed by atoms with E-state index in [0.717, 1.165) is 45.2 Å². The Morgan fingerprint density at radius 2 is 2.08 bits per heavy atom. The number of nitrogens with zero attached hydrogens (tertiary/aromatic N) is 5. The summed E-state index contributed by atoms with van der Waals surface area (Å²) in [6.07, 6.45) is 9.38. The summed E-state index contributed by atoms with van der Waals surface area (Å²) in [6, 6.07) is 5.23. The van der Waals surface area contributed by atoms with Crippen molar-refractivity contribution in [2.75, 3.05) is 31.2 Å². The van der Waals surface area contributed by atoms with Crippen molar-refractivity contribution in [2.24, 2.45) is 0 Å². The number of hydrogen-bond acceptors (Lipinski definition) is 6. The zero-order valence-corrected chi connectivity index (χ0v) is 14.3. The average molecular weight is 337 g/mol. The number of ether oxygens (including phenoxy) is 1. The molecule has 0 aliphatic carbocycles. The molecule has 2 atom stereocenters. The van der Waals surface area contributed by atoms with Crippen molar-refractivity contribution in [3.63, 3.8) is 0 Å². The molecule has 3 aliphatic rings. The van der Waals surface area contributed by atoms with Gasteiger partial charge in [0.15, 0.2) is 0 Å². The molecule has 2 aromatic heterocycles. The fraction of sp³-hybridized carbons (Fsp3) is 0.526. The van der Waals surface area contributed by atoms with E-state index in [1.165, 1.54) is 29.7 Å². The van der Waals surface area contributed by atoms with Gasteiger partial charge in [-0.1, -0.05) is 6.07 Å². The summed E-state index contributed by atoms with van der Waals surface area (Å²) in [5, 5.41) is 0. The summed E-state index contributed by atoms with van der Waals surface area (Å²) in [7, 11) is 0. The normalized spacial score (nSPS) is 25.8. The van der Waals surface area contributed by atoms with Crippen molar-refractivity contribution in [3.8, 4) is 0 Å². The van der Waals surface area contributed by atoms with Crippen molar-refractivity contribution in [1.82, 2.24) is 19.9 Å². The highest BCUT2D eigenvalue weighted by Crippen LogP contribution is 2.43. The van der Waals surface area contributed by atoms with Gasteiger partial charge in [0.05, 0.1) is 18.9 Å². The van der Waals surface area contributed by atoms with Gasteiger partial charge in [-0.2, -0.15) is 0 Å². The fourth-order valence-corrected chi connectivity index (χ4v) is 4.43. The summed E-state index contributed by atoms with van der Waals surface area (Å²) < 4.78 is 5.44.